The van der Waals surface area contributed by atoms with Crippen molar-refractivity contribution in [3.63, 3.8) is 0 Å². The van der Waals surface area contributed by atoms with Crippen molar-refractivity contribution in [3.05, 3.63) is 81.6 Å². The lowest BCUT2D eigenvalue weighted by Crippen LogP contribution is -2.27. The van der Waals surface area contributed by atoms with Crippen LogP contribution in [0.3, 0.4) is 0 Å². The molecule has 1 N–H and O–H groups in total. The van der Waals surface area contributed by atoms with Crippen LogP contribution in [0.2, 0.25) is 0 Å². The fourth-order valence-corrected chi connectivity index (χ4v) is 3.19. The monoisotopic (exact) mass is 362 g/mol. The van der Waals surface area contributed by atoms with E-state index in [4.69, 9.17) is 0 Å². The summed E-state index contributed by atoms with van der Waals surface area (Å²) >= 11 is 0. The second kappa shape index (κ2) is 8.21. The molecule has 140 valence electrons. The minimum Gasteiger partial charge on any atom is -0.341 e. The maximum atomic E-state index is 12.5. The van der Waals surface area contributed by atoms with E-state index in [2.05, 4.69) is 24.9 Å². The number of H-pyrrole nitrogens is 1. The van der Waals surface area contributed by atoms with Gasteiger partial charge in [0.2, 0.25) is 5.91 Å². The fraction of sp³-hybridized carbons (Fsp3) is 0.304. The maximum absolute atomic E-state index is 12.5. The number of benzene rings is 2. The number of aromatic nitrogens is 1. The first kappa shape index (κ1) is 18.9. The Labute approximate surface area is 159 Å². The summed E-state index contributed by atoms with van der Waals surface area (Å²) in [4.78, 5) is 29.4. The van der Waals surface area contributed by atoms with Gasteiger partial charge in [0, 0.05) is 31.1 Å². The van der Waals surface area contributed by atoms with Crippen molar-refractivity contribution in [2.75, 3.05) is 7.05 Å². The van der Waals surface area contributed by atoms with Crippen LogP contribution in [-0.4, -0.2) is 22.8 Å². The Kier molecular flexibility index (Phi) is 5.75. The first-order valence-corrected chi connectivity index (χ1v) is 9.38. The molecule has 4 nitrogen and oxygen atoms in total. The Bertz CT molecular complexity index is 990. The topological polar surface area (TPSA) is 53.2 Å². The van der Waals surface area contributed by atoms with E-state index < -0.39 is 0 Å². The normalized spacial score (nSPS) is 11.1. The third-order valence-electron chi connectivity index (χ3n) is 4.91. The second-order valence-electron chi connectivity index (χ2n) is 7.36. The molecule has 0 saturated heterocycles. The van der Waals surface area contributed by atoms with Crippen LogP contribution in [0.15, 0.2) is 59.4 Å². The van der Waals surface area contributed by atoms with Crippen LogP contribution >= 0.6 is 0 Å². The van der Waals surface area contributed by atoms with Gasteiger partial charge < -0.3 is 9.88 Å². The Hall–Kier alpha value is -2.88. The van der Waals surface area contributed by atoms with Crippen molar-refractivity contribution in [2.45, 2.75) is 39.2 Å². The summed E-state index contributed by atoms with van der Waals surface area (Å²) in [6, 6.07) is 17.9. The SMILES string of the molecule is CC(C)c1ccc2[nH]c(=O)c(CCC(=O)N(C)Cc3ccccc3)cc2c1. The van der Waals surface area contributed by atoms with Gasteiger partial charge in [-0.15, -0.1) is 0 Å². The molecule has 0 bridgehead atoms. The zero-order chi connectivity index (χ0) is 19.4. The molecule has 0 radical (unpaired) electrons. The standard InChI is InChI=1S/C23H26N2O2/c1-16(2)18-9-11-21-20(13-18)14-19(23(27)24-21)10-12-22(26)25(3)15-17-7-5-4-6-8-17/h4-9,11,13-14,16H,10,12,15H2,1-3H3,(H,24,27). The zero-order valence-corrected chi connectivity index (χ0v) is 16.2. The van der Waals surface area contributed by atoms with Gasteiger partial charge in [-0.25, -0.2) is 0 Å². The summed E-state index contributed by atoms with van der Waals surface area (Å²) in [6.45, 7) is 4.87. The molecule has 1 heterocycles. The average Bonchev–Trinajstić information content (AvgIpc) is 2.66. The molecule has 0 unspecified atom stereocenters. The van der Waals surface area contributed by atoms with E-state index in [0.717, 1.165) is 16.5 Å². The Morgan fingerprint density at radius 2 is 1.81 bits per heavy atom. The number of nitrogens with one attached hydrogen (secondary N) is 1. The predicted octanol–water partition coefficient (Wildman–Crippen LogP) is 4.24. The van der Waals surface area contributed by atoms with Gasteiger partial charge in [0.1, 0.15) is 0 Å². The van der Waals surface area contributed by atoms with Crippen molar-refractivity contribution in [1.29, 1.82) is 0 Å². The minimum absolute atomic E-state index is 0.0364. The number of rotatable bonds is 6. The Balaban J connectivity index is 1.71. The molecular weight excluding hydrogens is 336 g/mol. The van der Waals surface area contributed by atoms with Gasteiger partial charge in [0.15, 0.2) is 0 Å². The van der Waals surface area contributed by atoms with E-state index in [-0.39, 0.29) is 11.5 Å². The highest BCUT2D eigenvalue weighted by molar-refractivity contribution is 5.80. The molecule has 3 aromatic rings. The molecular formula is C23H26N2O2. The van der Waals surface area contributed by atoms with Crippen molar-refractivity contribution in [1.82, 2.24) is 9.88 Å². The highest BCUT2D eigenvalue weighted by Crippen LogP contribution is 2.20. The summed E-state index contributed by atoms with van der Waals surface area (Å²) in [5.41, 5.74) is 3.71. The molecule has 0 spiro atoms. The number of aryl methyl sites for hydroxylation is 1. The van der Waals surface area contributed by atoms with Crippen LogP contribution in [0.4, 0.5) is 0 Å². The van der Waals surface area contributed by atoms with Crippen LogP contribution < -0.4 is 5.56 Å². The predicted molar refractivity (Wildman–Crippen MR) is 110 cm³/mol. The third kappa shape index (κ3) is 4.64. The number of carbonyl (C=O) groups is 1. The largest absolute Gasteiger partial charge is 0.341 e. The van der Waals surface area contributed by atoms with Gasteiger partial charge in [-0.1, -0.05) is 50.2 Å². The molecule has 0 aliphatic heterocycles. The number of hydrogen-bond donors (Lipinski definition) is 1. The molecule has 0 aliphatic rings. The first-order valence-electron chi connectivity index (χ1n) is 9.38. The number of fused-ring (bicyclic) bond motifs is 1. The Morgan fingerprint density at radius 3 is 2.52 bits per heavy atom. The van der Waals surface area contributed by atoms with Crippen LogP contribution in [-0.2, 0) is 17.8 Å². The van der Waals surface area contributed by atoms with Crippen molar-refractivity contribution < 1.29 is 4.79 Å². The van der Waals surface area contributed by atoms with Gasteiger partial charge in [-0.05, 0) is 47.1 Å². The Morgan fingerprint density at radius 1 is 1.07 bits per heavy atom. The maximum Gasteiger partial charge on any atom is 0.251 e. The highest BCUT2D eigenvalue weighted by atomic mass is 16.2. The number of nitrogens with zero attached hydrogens (tertiary/aromatic N) is 1. The molecule has 0 atom stereocenters. The quantitative estimate of drug-likeness (QED) is 0.713. The minimum atomic E-state index is -0.113. The number of pyridine rings is 1. The smallest absolute Gasteiger partial charge is 0.251 e. The van der Waals surface area contributed by atoms with Crippen LogP contribution in [0.25, 0.3) is 10.9 Å². The summed E-state index contributed by atoms with van der Waals surface area (Å²) in [7, 11) is 1.80. The van der Waals surface area contributed by atoms with Crippen molar-refractivity contribution in [3.8, 4) is 0 Å². The summed E-state index contributed by atoms with van der Waals surface area (Å²) in [5.74, 6) is 0.465. The zero-order valence-electron chi connectivity index (χ0n) is 16.2. The molecule has 0 aliphatic carbocycles. The molecule has 2 aromatic carbocycles. The van der Waals surface area contributed by atoms with E-state index in [0.29, 0.717) is 30.9 Å². The number of amides is 1. The van der Waals surface area contributed by atoms with Gasteiger partial charge >= 0.3 is 0 Å². The summed E-state index contributed by atoms with van der Waals surface area (Å²) in [5, 5.41) is 1.01. The average molecular weight is 362 g/mol. The lowest BCUT2D eigenvalue weighted by atomic mass is 10.00. The lowest BCUT2D eigenvalue weighted by molar-refractivity contribution is -0.130. The van der Waals surface area contributed by atoms with Crippen LogP contribution in [0.1, 0.15) is 42.9 Å². The molecule has 4 heteroatoms. The molecule has 1 amide bonds. The molecule has 0 saturated carbocycles. The second-order valence-corrected chi connectivity index (χ2v) is 7.36. The highest BCUT2D eigenvalue weighted by Gasteiger charge is 2.12. The number of hydrogen-bond acceptors (Lipinski definition) is 2. The summed E-state index contributed by atoms with van der Waals surface area (Å²) < 4.78 is 0. The lowest BCUT2D eigenvalue weighted by Gasteiger charge is -2.17. The van der Waals surface area contributed by atoms with Crippen LogP contribution in [0, 0.1) is 0 Å². The van der Waals surface area contributed by atoms with E-state index in [9.17, 15) is 9.59 Å². The van der Waals surface area contributed by atoms with Gasteiger partial charge in [-0.2, -0.15) is 0 Å². The third-order valence-corrected chi connectivity index (χ3v) is 4.91. The molecule has 27 heavy (non-hydrogen) atoms. The van der Waals surface area contributed by atoms with E-state index >= 15 is 0 Å². The summed E-state index contributed by atoms with van der Waals surface area (Å²) in [6.07, 6.45) is 0.761. The molecule has 3 rings (SSSR count). The number of carbonyl (C=O) groups excluding carboxylic acids is 1. The van der Waals surface area contributed by atoms with E-state index in [1.807, 2.05) is 48.5 Å². The van der Waals surface area contributed by atoms with Crippen molar-refractivity contribution in [2.24, 2.45) is 0 Å². The van der Waals surface area contributed by atoms with Gasteiger partial charge in [-0.3, -0.25) is 9.59 Å². The molecule has 0 fully saturated rings. The number of aromatic amines is 1. The van der Waals surface area contributed by atoms with E-state index in [1.165, 1.54) is 5.56 Å². The fourth-order valence-electron chi connectivity index (χ4n) is 3.19. The van der Waals surface area contributed by atoms with Crippen molar-refractivity contribution >= 4 is 16.8 Å². The van der Waals surface area contributed by atoms with Crippen LogP contribution in [0.5, 0.6) is 0 Å². The molecule has 1 aromatic heterocycles. The van der Waals surface area contributed by atoms with E-state index in [1.54, 1.807) is 11.9 Å². The first-order chi connectivity index (χ1) is 12.9. The van der Waals surface area contributed by atoms with Gasteiger partial charge in [0.05, 0.1) is 0 Å². The van der Waals surface area contributed by atoms with Gasteiger partial charge in [0.25, 0.3) is 5.56 Å².